The predicted octanol–water partition coefficient (Wildman–Crippen LogP) is 3.52. The van der Waals surface area contributed by atoms with Gasteiger partial charge in [0.05, 0.1) is 0 Å². The molecule has 2 heteroatoms. The van der Waals surface area contributed by atoms with E-state index in [2.05, 4.69) is 31.0 Å². The van der Waals surface area contributed by atoms with Gasteiger partial charge in [0.2, 0.25) is 0 Å². The molecule has 2 nitrogen and oxygen atoms in total. The van der Waals surface area contributed by atoms with E-state index in [0.29, 0.717) is 5.41 Å². The highest BCUT2D eigenvalue weighted by Crippen LogP contribution is 2.40. The summed E-state index contributed by atoms with van der Waals surface area (Å²) in [6.07, 6.45) is 8.56. The fourth-order valence-corrected chi connectivity index (χ4v) is 4.02. The van der Waals surface area contributed by atoms with Crippen molar-refractivity contribution in [3.05, 3.63) is 0 Å². The van der Waals surface area contributed by atoms with E-state index in [1.807, 2.05) is 0 Å². The molecule has 1 aliphatic heterocycles. The molecule has 0 aromatic carbocycles. The fourth-order valence-electron chi connectivity index (χ4n) is 4.02. The van der Waals surface area contributed by atoms with Gasteiger partial charge in [0, 0.05) is 19.6 Å². The van der Waals surface area contributed by atoms with Crippen molar-refractivity contribution in [2.45, 2.75) is 59.3 Å². The van der Waals surface area contributed by atoms with Crippen LogP contribution in [0.1, 0.15) is 59.3 Å². The molecule has 0 spiro atoms. The summed E-state index contributed by atoms with van der Waals surface area (Å²) in [5.74, 6) is 1.93. The smallest absolute Gasteiger partial charge is 0.00503 e. The molecule has 112 valence electrons. The minimum absolute atomic E-state index is 0.575. The first-order valence-corrected chi connectivity index (χ1v) is 8.60. The molecule has 1 N–H and O–H groups in total. The molecule has 1 saturated heterocycles. The highest BCUT2D eigenvalue weighted by Gasteiger charge is 2.36. The summed E-state index contributed by atoms with van der Waals surface area (Å²) in [4.78, 5) is 2.77. The molecule has 1 unspecified atom stereocenters. The van der Waals surface area contributed by atoms with Gasteiger partial charge < -0.3 is 10.2 Å². The van der Waals surface area contributed by atoms with Crippen molar-refractivity contribution in [2.75, 3.05) is 32.7 Å². The van der Waals surface area contributed by atoms with Gasteiger partial charge in [0.1, 0.15) is 0 Å². The molecule has 19 heavy (non-hydrogen) atoms. The summed E-state index contributed by atoms with van der Waals surface area (Å²) < 4.78 is 0. The Bertz CT molecular complexity index is 250. The van der Waals surface area contributed by atoms with Gasteiger partial charge in [-0.05, 0) is 49.6 Å². The third-order valence-corrected chi connectivity index (χ3v) is 5.59. The van der Waals surface area contributed by atoms with Crippen molar-refractivity contribution < 1.29 is 0 Å². The molecular formula is C17H34N2. The van der Waals surface area contributed by atoms with Crippen molar-refractivity contribution in [3.63, 3.8) is 0 Å². The number of hydrogen-bond acceptors (Lipinski definition) is 2. The summed E-state index contributed by atoms with van der Waals surface area (Å²) >= 11 is 0. The normalized spacial score (nSPS) is 36.8. The molecule has 1 atom stereocenters. The molecule has 1 saturated carbocycles. The minimum Gasteiger partial charge on any atom is -0.316 e. The van der Waals surface area contributed by atoms with Crippen molar-refractivity contribution in [1.29, 1.82) is 0 Å². The quantitative estimate of drug-likeness (QED) is 0.791. The average Bonchev–Trinajstić information content (AvgIpc) is 2.87. The lowest BCUT2D eigenvalue weighted by molar-refractivity contribution is 0.0967. The minimum atomic E-state index is 0.575. The lowest BCUT2D eigenvalue weighted by atomic mass is 9.70. The lowest BCUT2D eigenvalue weighted by Gasteiger charge is -2.42. The van der Waals surface area contributed by atoms with Crippen LogP contribution in [-0.4, -0.2) is 37.6 Å². The van der Waals surface area contributed by atoms with Gasteiger partial charge in [-0.2, -0.15) is 0 Å². The van der Waals surface area contributed by atoms with Gasteiger partial charge in [-0.15, -0.1) is 0 Å². The van der Waals surface area contributed by atoms with E-state index in [0.717, 1.165) is 18.4 Å². The molecule has 0 aromatic rings. The molecule has 2 fully saturated rings. The number of hydrogen-bond donors (Lipinski definition) is 1. The zero-order chi connectivity index (χ0) is 13.7. The molecule has 1 heterocycles. The topological polar surface area (TPSA) is 15.3 Å². The van der Waals surface area contributed by atoms with Gasteiger partial charge in [-0.3, -0.25) is 0 Å². The van der Waals surface area contributed by atoms with Crippen molar-refractivity contribution in [2.24, 2.45) is 17.3 Å². The van der Waals surface area contributed by atoms with E-state index in [9.17, 15) is 0 Å². The second kappa shape index (κ2) is 7.08. The predicted molar refractivity (Wildman–Crippen MR) is 83.4 cm³/mol. The monoisotopic (exact) mass is 266 g/mol. The van der Waals surface area contributed by atoms with Crippen LogP contribution < -0.4 is 5.32 Å². The van der Waals surface area contributed by atoms with E-state index in [1.165, 1.54) is 64.7 Å². The Hall–Kier alpha value is -0.0800. The van der Waals surface area contributed by atoms with Crippen LogP contribution in [-0.2, 0) is 0 Å². The third-order valence-electron chi connectivity index (χ3n) is 5.59. The fraction of sp³-hybridized carbons (Fsp3) is 1.00. The van der Waals surface area contributed by atoms with Crippen molar-refractivity contribution in [3.8, 4) is 0 Å². The number of likely N-dealkylation sites (tertiary alicyclic amines) is 1. The second-order valence-electron chi connectivity index (χ2n) is 7.26. The summed E-state index contributed by atoms with van der Waals surface area (Å²) in [6.45, 7) is 13.4. The number of nitrogens with zero attached hydrogens (tertiary/aromatic N) is 1. The van der Waals surface area contributed by atoms with Crippen LogP contribution in [0.25, 0.3) is 0 Å². The van der Waals surface area contributed by atoms with Gasteiger partial charge in [-0.1, -0.05) is 40.0 Å². The van der Waals surface area contributed by atoms with Crippen molar-refractivity contribution >= 4 is 0 Å². The van der Waals surface area contributed by atoms with Crippen LogP contribution in [0.5, 0.6) is 0 Å². The Kier molecular flexibility index (Phi) is 5.70. The highest BCUT2D eigenvalue weighted by molar-refractivity contribution is 4.91. The number of rotatable bonds is 6. The zero-order valence-electron chi connectivity index (χ0n) is 13.4. The lowest BCUT2D eigenvalue weighted by Crippen LogP contribution is -2.45. The SMILES string of the molecule is CCNCC1(CN2CCC(CC)C2)CCC(C)CC1. The summed E-state index contributed by atoms with van der Waals surface area (Å²) in [7, 11) is 0. The van der Waals surface area contributed by atoms with Crippen molar-refractivity contribution in [1.82, 2.24) is 10.2 Å². The first-order chi connectivity index (χ1) is 9.17. The van der Waals surface area contributed by atoms with Crippen LogP contribution in [0.2, 0.25) is 0 Å². The molecule has 0 aromatic heterocycles. The Morgan fingerprint density at radius 3 is 2.47 bits per heavy atom. The summed E-state index contributed by atoms with van der Waals surface area (Å²) in [6, 6.07) is 0. The molecule has 0 amide bonds. The Morgan fingerprint density at radius 1 is 1.16 bits per heavy atom. The Morgan fingerprint density at radius 2 is 1.89 bits per heavy atom. The van der Waals surface area contributed by atoms with E-state index >= 15 is 0 Å². The molecule has 2 aliphatic rings. The first kappa shape index (κ1) is 15.3. The first-order valence-electron chi connectivity index (χ1n) is 8.60. The van der Waals surface area contributed by atoms with Crippen LogP contribution >= 0.6 is 0 Å². The van der Waals surface area contributed by atoms with Crippen LogP contribution in [0.15, 0.2) is 0 Å². The zero-order valence-corrected chi connectivity index (χ0v) is 13.4. The maximum absolute atomic E-state index is 3.65. The third kappa shape index (κ3) is 4.19. The molecular weight excluding hydrogens is 232 g/mol. The Labute approximate surface area is 120 Å². The molecule has 0 radical (unpaired) electrons. The molecule has 2 rings (SSSR count). The maximum atomic E-state index is 3.65. The van der Waals surface area contributed by atoms with Crippen LogP contribution in [0, 0.1) is 17.3 Å². The van der Waals surface area contributed by atoms with E-state index < -0.39 is 0 Å². The van der Waals surface area contributed by atoms with E-state index in [4.69, 9.17) is 0 Å². The summed E-state index contributed by atoms with van der Waals surface area (Å²) in [5, 5.41) is 3.65. The van der Waals surface area contributed by atoms with Gasteiger partial charge >= 0.3 is 0 Å². The summed E-state index contributed by atoms with van der Waals surface area (Å²) in [5.41, 5.74) is 0.575. The Balaban J connectivity index is 1.90. The van der Waals surface area contributed by atoms with Crippen LogP contribution in [0.4, 0.5) is 0 Å². The van der Waals surface area contributed by atoms with Gasteiger partial charge in [0.15, 0.2) is 0 Å². The second-order valence-corrected chi connectivity index (χ2v) is 7.26. The average molecular weight is 266 g/mol. The highest BCUT2D eigenvalue weighted by atomic mass is 15.2. The molecule has 0 bridgehead atoms. The molecule has 1 aliphatic carbocycles. The van der Waals surface area contributed by atoms with Gasteiger partial charge in [0.25, 0.3) is 0 Å². The van der Waals surface area contributed by atoms with E-state index in [1.54, 1.807) is 0 Å². The number of nitrogens with one attached hydrogen (secondary N) is 1. The van der Waals surface area contributed by atoms with Gasteiger partial charge in [-0.25, -0.2) is 0 Å². The standard InChI is InChI=1S/C17H34N2/c1-4-16-8-11-19(12-16)14-17(13-18-5-2)9-6-15(3)7-10-17/h15-16,18H,4-14H2,1-3H3. The van der Waals surface area contributed by atoms with Crippen LogP contribution in [0.3, 0.4) is 0 Å². The largest absolute Gasteiger partial charge is 0.316 e. The maximum Gasteiger partial charge on any atom is 0.00503 e. The van der Waals surface area contributed by atoms with E-state index in [-0.39, 0.29) is 0 Å².